The lowest BCUT2D eigenvalue weighted by atomic mass is 10.3. The van der Waals surface area contributed by atoms with E-state index in [2.05, 4.69) is 0 Å². The van der Waals surface area contributed by atoms with Gasteiger partial charge in [0.05, 0.1) is 27.6 Å². The number of hydrogen-bond donors (Lipinski definition) is 1. The van der Waals surface area contributed by atoms with Crippen molar-refractivity contribution in [3.05, 3.63) is 55.2 Å². The van der Waals surface area contributed by atoms with Crippen LogP contribution in [-0.4, -0.2) is 27.6 Å². The van der Waals surface area contributed by atoms with Gasteiger partial charge in [-0.1, -0.05) is 11.6 Å². The molecule has 0 saturated heterocycles. The molecule has 8 nitrogen and oxygen atoms in total. The van der Waals surface area contributed by atoms with Crippen molar-refractivity contribution in [2.45, 2.75) is 0 Å². The Morgan fingerprint density at radius 2 is 2.15 bits per heavy atom. The van der Waals surface area contributed by atoms with Gasteiger partial charge in [-0.2, -0.15) is 8.97 Å². The van der Waals surface area contributed by atoms with Crippen LogP contribution in [0.5, 0.6) is 5.75 Å². The monoisotopic (exact) mass is 426 g/mol. The van der Waals surface area contributed by atoms with Crippen LogP contribution in [0.4, 0.5) is 5.69 Å². The molecule has 0 atom stereocenters. The molecule has 4 rings (SSSR count). The van der Waals surface area contributed by atoms with E-state index in [1.807, 2.05) is 0 Å². The van der Waals surface area contributed by atoms with Gasteiger partial charge in [0.15, 0.2) is 17.5 Å². The summed E-state index contributed by atoms with van der Waals surface area (Å²) in [6, 6.07) is 4.61. The largest absolute Gasteiger partial charge is 0.506 e. The summed E-state index contributed by atoms with van der Waals surface area (Å²) in [5.74, 6) is 0.101. The Kier molecular flexibility index (Phi) is 4.10. The number of aromatic nitrogens is 2. The summed E-state index contributed by atoms with van der Waals surface area (Å²) < 4.78 is 8.98. The summed E-state index contributed by atoms with van der Waals surface area (Å²) in [5.41, 5.74) is -0.291. The minimum absolute atomic E-state index is 0.134. The van der Waals surface area contributed by atoms with Crippen LogP contribution in [0.25, 0.3) is 26.5 Å². The topological polar surface area (TPSA) is 98.7 Å². The quantitative estimate of drug-likeness (QED) is 0.178. The van der Waals surface area contributed by atoms with Crippen molar-refractivity contribution < 1.29 is 19.2 Å². The van der Waals surface area contributed by atoms with Gasteiger partial charge in [-0.25, -0.2) is 4.79 Å². The van der Waals surface area contributed by atoms with Gasteiger partial charge in [-0.3, -0.25) is 10.1 Å². The lowest BCUT2D eigenvalue weighted by Gasteiger charge is -2.07. The van der Waals surface area contributed by atoms with Crippen LogP contribution in [0.2, 0.25) is 5.02 Å². The van der Waals surface area contributed by atoms with Crippen molar-refractivity contribution in [1.29, 1.82) is 0 Å². The summed E-state index contributed by atoms with van der Waals surface area (Å²) in [6.07, 6.45) is 1.19. The molecule has 0 aliphatic carbocycles. The highest BCUT2D eigenvalue weighted by Gasteiger charge is 2.33. The number of benzene rings is 1. The Labute approximate surface area is 164 Å². The number of methoxy groups -OCH3 is 1. The van der Waals surface area contributed by atoms with Crippen molar-refractivity contribution in [3.8, 4) is 11.6 Å². The molecule has 0 radical (unpaired) electrons. The smallest absolute Gasteiger partial charge is 0.390 e. The van der Waals surface area contributed by atoms with E-state index in [-0.39, 0.29) is 22.7 Å². The maximum Gasteiger partial charge on any atom is 0.390 e. The molecule has 0 bridgehead atoms. The van der Waals surface area contributed by atoms with Crippen LogP contribution in [0.3, 0.4) is 0 Å². The number of rotatable bonds is 3. The number of fused-ring (bicyclic) bond motifs is 2. The maximum atomic E-state index is 13.1. The number of hydrogen-bond acceptors (Lipinski definition) is 6. The van der Waals surface area contributed by atoms with E-state index in [0.29, 0.717) is 31.5 Å². The molecular weight excluding hydrogens is 417 g/mol. The predicted octanol–water partition coefficient (Wildman–Crippen LogP) is 2.42. The molecule has 1 aromatic heterocycles. The fourth-order valence-electron chi connectivity index (χ4n) is 3.02. The van der Waals surface area contributed by atoms with Crippen LogP contribution in [0.1, 0.15) is 0 Å². The highest BCUT2D eigenvalue weighted by molar-refractivity contribution is 7.24. The van der Waals surface area contributed by atoms with E-state index in [4.69, 9.17) is 27.9 Å². The van der Waals surface area contributed by atoms with Crippen molar-refractivity contribution in [2.75, 3.05) is 13.0 Å². The van der Waals surface area contributed by atoms with Crippen molar-refractivity contribution in [3.63, 3.8) is 0 Å². The minimum atomic E-state index is -0.565. The zero-order chi connectivity index (χ0) is 19.5. The molecule has 11 heteroatoms. The molecular formula is C16H10Cl2N3O5S+. The summed E-state index contributed by atoms with van der Waals surface area (Å²) >= 11 is 13.2. The molecule has 0 fully saturated rings. The second-order valence-electron chi connectivity index (χ2n) is 5.64. The zero-order valence-electron chi connectivity index (χ0n) is 13.6. The second-order valence-corrected chi connectivity index (χ2v) is 7.40. The Morgan fingerprint density at radius 1 is 1.41 bits per heavy atom. The Balaban J connectivity index is 2.35. The normalized spacial score (nSPS) is 12.9. The molecule has 2 aromatic rings. The van der Waals surface area contributed by atoms with Gasteiger partial charge in [0.1, 0.15) is 10.4 Å². The van der Waals surface area contributed by atoms with Crippen LogP contribution in [0.15, 0.2) is 29.2 Å². The molecule has 138 valence electrons. The highest BCUT2D eigenvalue weighted by atomic mass is 35.5. The fraction of sp³-hybridized carbons (Fsp3) is 0.125. The van der Waals surface area contributed by atoms with Gasteiger partial charge in [-0.15, -0.1) is 22.9 Å². The number of alkyl halides is 1. The van der Waals surface area contributed by atoms with E-state index in [1.165, 1.54) is 39.7 Å². The summed E-state index contributed by atoms with van der Waals surface area (Å²) in [4.78, 5) is 23.8. The average molecular weight is 427 g/mol. The summed E-state index contributed by atoms with van der Waals surface area (Å²) in [5, 5.41) is 21.7. The number of nitrogens with zero attached hydrogens (tertiary/aromatic N) is 3. The van der Waals surface area contributed by atoms with Crippen molar-refractivity contribution in [2.24, 2.45) is 0 Å². The molecule has 0 saturated carbocycles. The minimum Gasteiger partial charge on any atom is -0.506 e. The SMILES string of the molecule is COc1cc2sc3cc([N+](=O)[O-])c[n+]4c3-n(c(=O)/c4=C(/O)CCl)c2cc1Cl. The number of pyridine rings is 1. The zero-order valence-corrected chi connectivity index (χ0v) is 15.9. The number of halogens is 2. The van der Waals surface area contributed by atoms with Gasteiger partial charge in [0.2, 0.25) is 0 Å². The molecule has 2 aliphatic rings. The van der Waals surface area contributed by atoms with E-state index in [9.17, 15) is 20.0 Å². The summed E-state index contributed by atoms with van der Waals surface area (Å²) in [6.45, 7) is 0. The van der Waals surface area contributed by atoms with Gasteiger partial charge >= 0.3 is 17.1 Å². The Hall–Kier alpha value is -2.62. The first-order valence-electron chi connectivity index (χ1n) is 7.49. The number of ether oxygens (including phenoxy) is 1. The highest BCUT2D eigenvalue weighted by Crippen LogP contribution is 2.36. The first-order valence-corrected chi connectivity index (χ1v) is 9.22. The van der Waals surface area contributed by atoms with Gasteiger partial charge in [0.25, 0.3) is 5.35 Å². The van der Waals surface area contributed by atoms with E-state index < -0.39 is 10.5 Å². The third kappa shape index (κ3) is 2.50. The lowest BCUT2D eigenvalue weighted by Crippen LogP contribution is -2.45. The Morgan fingerprint density at radius 3 is 2.78 bits per heavy atom. The van der Waals surface area contributed by atoms with Crippen LogP contribution in [0, 0.1) is 10.1 Å². The lowest BCUT2D eigenvalue weighted by molar-refractivity contribution is -0.549. The van der Waals surface area contributed by atoms with E-state index in [0.717, 1.165) is 0 Å². The standard InChI is InChI=1S/C16H9Cl2N3O5S/c1-26-11-4-12-9(3-8(11)18)20-15-13(27-12)2-7(21(24)25)6-19(15)14(16(20)23)10(22)5-17/h2-4,6H,5H2,1H3/p+1. The predicted molar refractivity (Wildman–Crippen MR) is 102 cm³/mol. The number of aliphatic hydroxyl groups is 1. The molecule has 1 N–H and O–H groups in total. The van der Waals surface area contributed by atoms with Crippen molar-refractivity contribution in [1.82, 2.24) is 4.57 Å². The number of nitro groups is 1. The molecule has 1 aromatic carbocycles. The van der Waals surface area contributed by atoms with Gasteiger partial charge in [-0.05, 0) is 0 Å². The van der Waals surface area contributed by atoms with Crippen molar-refractivity contribution >= 4 is 60.9 Å². The Bertz CT molecular complexity index is 1330. The molecule has 3 heterocycles. The molecule has 0 spiro atoms. The van der Waals surface area contributed by atoms with E-state index in [1.54, 1.807) is 12.1 Å². The average Bonchev–Trinajstić information content (AvgIpc) is 2.94. The number of imidazole rings is 1. The first kappa shape index (κ1) is 17.8. The van der Waals surface area contributed by atoms with E-state index >= 15 is 0 Å². The third-order valence-electron chi connectivity index (χ3n) is 4.15. The van der Waals surface area contributed by atoms with Crippen LogP contribution >= 0.6 is 34.5 Å². The molecule has 2 aliphatic heterocycles. The fourth-order valence-corrected chi connectivity index (χ4v) is 4.50. The number of aliphatic hydroxyl groups excluding tert-OH is 1. The maximum absolute atomic E-state index is 13.1. The molecule has 0 unspecified atom stereocenters. The van der Waals surface area contributed by atoms with Crippen LogP contribution in [-0.2, 0) is 0 Å². The second kappa shape index (κ2) is 6.22. The third-order valence-corrected chi connectivity index (χ3v) is 5.77. The van der Waals surface area contributed by atoms with Gasteiger partial charge in [0, 0.05) is 18.2 Å². The molecule has 0 amide bonds. The first-order chi connectivity index (χ1) is 12.9. The van der Waals surface area contributed by atoms with Gasteiger partial charge < -0.3 is 9.84 Å². The van der Waals surface area contributed by atoms with Crippen LogP contribution < -0.4 is 20.0 Å². The molecule has 27 heavy (non-hydrogen) atoms. The summed E-state index contributed by atoms with van der Waals surface area (Å²) in [7, 11) is 1.47.